The molecule has 1 unspecified atom stereocenters. The number of aliphatic hydroxyl groups is 1. The van der Waals surface area contributed by atoms with Crippen LogP contribution in [0.5, 0.6) is 0 Å². The van der Waals surface area contributed by atoms with Crippen molar-refractivity contribution >= 4 is 0 Å². The Morgan fingerprint density at radius 1 is 1.31 bits per heavy atom. The molecule has 0 aromatic heterocycles. The van der Waals surface area contributed by atoms with E-state index >= 15 is 0 Å². The first-order valence-electron chi connectivity index (χ1n) is 4.96. The molecule has 13 heavy (non-hydrogen) atoms. The lowest BCUT2D eigenvalue weighted by Crippen LogP contribution is -2.34. The predicted molar refractivity (Wildman–Crippen MR) is 54.8 cm³/mol. The second-order valence-corrected chi connectivity index (χ2v) is 3.98. The smallest absolute Gasteiger partial charge is 0.0593 e. The van der Waals surface area contributed by atoms with Gasteiger partial charge in [-0.15, -0.1) is 0 Å². The number of aliphatic hydroxyl groups excluding tert-OH is 1. The van der Waals surface area contributed by atoms with E-state index in [1.165, 1.54) is 0 Å². The highest BCUT2D eigenvalue weighted by molar-refractivity contribution is 4.60. The van der Waals surface area contributed by atoms with Crippen molar-refractivity contribution in [3.8, 4) is 0 Å². The van der Waals surface area contributed by atoms with E-state index in [2.05, 4.69) is 18.7 Å². The number of ether oxygens (including phenoxy) is 1. The van der Waals surface area contributed by atoms with Crippen LogP contribution in [0.4, 0.5) is 0 Å². The van der Waals surface area contributed by atoms with Gasteiger partial charge in [-0.2, -0.15) is 0 Å². The molecule has 80 valence electrons. The van der Waals surface area contributed by atoms with Gasteiger partial charge in [0, 0.05) is 19.2 Å². The summed E-state index contributed by atoms with van der Waals surface area (Å²) in [6, 6.07) is 0.225. The minimum Gasteiger partial charge on any atom is -0.395 e. The van der Waals surface area contributed by atoms with Gasteiger partial charge < -0.3 is 9.84 Å². The summed E-state index contributed by atoms with van der Waals surface area (Å²) < 4.78 is 5.44. The number of hydrogen-bond acceptors (Lipinski definition) is 3. The zero-order chi connectivity index (χ0) is 10.3. The molecule has 3 heteroatoms. The molecule has 0 bridgehead atoms. The largest absolute Gasteiger partial charge is 0.395 e. The molecular formula is C10H23NO2. The van der Waals surface area contributed by atoms with Crippen LogP contribution in [0.25, 0.3) is 0 Å². The molecule has 3 nitrogen and oxygen atoms in total. The van der Waals surface area contributed by atoms with Crippen molar-refractivity contribution in [2.75, 3.05) is 33.4 Å². The number of nitrogens with zero attached hydrogens (tertiary/aromatic N) is 1. The van der Waals surface area contributed by atoms with Gasteiger partial charge in [0.05, 0.1) is 13.2 Å². The summed E-state index contributed by atoms with van der Waals surface area (Å²) in [6.45, 7) is 8.94. The summed E-state index contributed by atoms with van der Waals surface area (Å²) in [5.74, 6) is 0.598. The van der Waals surface area contributed by atoms with Gasteiger partial charge in [0.1, 0.15) is 0 Å². The number of likely N-dealkylation sites (N-methyl/N-ethyl adjacent to an activating group) is 1. The molecule has 0 rings (SSSR count). The van der Waals surface area contributed by atoms with Gasteiger partial charge in [0.25, 0.3) is 0 Å². The van der Waals surface area contributed by atoms with Crippen LogP contribution in [0.1, 0.15) is 20.8 Å². The minimum atomic E-state index is 0.209. The lowest BCUT2D eigenvalue weighted by Gasteiger charge is -2.22. The van der Waals surface area contributed by atoms with Crippen molar-refractivity contribution in [1.82, 2.24) is 4.90 Å². The fraction of sp³-hybridized carbons (Fsp3) is 1.00. The fourth-order valence-electron chi connectivity index (χ4n) is 0.887. The first-order valence-corrected chi connectivity index (χ1v) is 4.96. The van der Waals surface area contributed by atoms with Crippen molar-refractivity contribution < 1.29 is 9.84 Å². The van der Waals surface area contributed by atoms with Crippen LogP contribution in [0.3, 0.4) is 0 Å². The van der Waals surface area contributed by atoms with Crippen LogP contribution in [-0.4, -0.2) is 49.5 Å². The Morgan fingerprint density at radius 3 is 2.38 bits per heavy atom. The SMILES string of the molecule is CC(C)COCCN(C)C(C)CO. The first-order chi connectivity index (χ1) is 6.07. The molecule has 0 aromatic carbocycles. The van der Waals surface area contributed by atoms with Gasteiger partial charge in [0.2, 0.25) is 0 Å². The zero-order valence-corrected chi connectivity index (χ0v) is 9.29. The Balaban J connectivity index is 3.31. The maximum Gasteiger partial charge on any atom is 0.0593 e. The highest BCUT2D eigenvalue weighted by Crippen LogP contribution is 1.95. The van der Waals surface area contributed by atoms with Crippen LogP contribution >= 0.6 is 0 Å². The maximum atomic E-state index is 8.87. The Kier molecular flexibility index (Phi) is 7.23. The molecule has 0 saturated carbocycles. The lowest BCUT2D eigenvalue weighted by molar-refractivity contribution is 0.0726. The molecule has 0 spiro atoms. The second kappa shape index (κ2) is 7.30. The van der Waals surface area contributed by atoms with Gasteiger partial charge >= 0.3 is 0 Å². The van der Waals surface area contributed by atoms with E-state index in [4.69, 9.17) is 9.84 Å². The Labute approximate surface area is 81.7 Å². The van der Waals surface area contributed by atoms with Gasteiger partial charge in [-0.25, -0.2) is 0 Å². The third kappa shape index (κ3) is 6.99. The van der Waals surface area contributed by atoms with Crippen LogP contribution in [0, 0.1) is 5.92 Å². The minimum absolute atomic E-state index is 0.209. The van der Waals surface area contributed by atoms with Gasteiger partial charge in [-0.3, -0.25) is 4.90 Å². The predicted octanol–water partition coefficient (Wildman–Crippen LogP) is 0.972. The second-order valence-electron chi connectivity index (χ2n) is 3.98. The van der Waals surface area contributed by atoms with Crippen LogP contribution < -0.4 is 0 Å². The number of rotatable bonds is 7. The Hall–Kier alpha value is -0.120. The fourth-order valence-corrected chi connectivity index (χ4v) is 0.887. The van der Waals surface area contributed by atoms with Crippen molar-refractivity contribution in [2.45, 2.75) is 26.8 Å². The van der Waals surface area contributed by atoms with E-state index in [9.17, 15) is 0 Å². The summed E-state index contributed by atoms with van der Waals surface area (Å²) in [6.07, 6.45) is 0. The Bertz CT molecular complexity index is 117. The monoisotopic (exact) mass is 189 g/mol. The van der Waals surface area contributed by atoms with Crippen LogP contribution in [-0.2, 0) is 4.74 Å². The van der Waals surface area contributed by atoms with Crippen molar-refractivity contribution in [3.05, 3.63) is 0 Å². The third-order valence-corrected chi connectivity index (χ3v) is 2.06. The van der Waals surface area contributed by atoms with Gasteiger partial charge in [-0.05, 0) is 19.9 Å². The van der Waals surface area contributed by atoms with Crippen molar-refractivity contribution in [3.63, 3.8) is 0 Å². The highest BCUT2D eigenvalue weighted by atomic mass is 16.5. The molecule has 0 heterocycles. The molecule has 0 aliphatic heterocycles. The topological polar surface area (TPSA) is 32.7 Å². The number of hydrogen-bond donors (Lipinski definition) is 1. The zero-order valence-electron chi connectivity index (χ0n) is 9.29. The lowest BCUT2D eigenvalue weighted by atomic mass is 10.2. The summed E-state index contributed by atoms with van der Waals surface area (Å²) in [4.78, 5) is 2.10. The summed E-state index contributed by atoms with van der Waals surface area (Å²) in [5.41, 5.74) is 0. The standard InChI is InChI=1S/C10H23NO2/c1-9(2)8-13-6-5-11(4)10(3)7-12/h9-10,12H,5-8H2,1-4H3. The molecule has 0 radical (unpaired) electrons. The third-order valence-electron chi connectivity index (χ3n) is 2.06. The van der Waals surface area contributed by atoms with E-state index in [1.54, 1.807) is 0 Å². The van der Waals surface area contributed by atoms with Crippen molar-refractivity contribution in [2.24, 2.45) is 5.92 Å². The average molecular weight is 189 g/mol. The van der Waals surface area contributed by atoms with E-state index in [0.717, 1.165) is 19.8 Å². The van der Waals surface area contributed by atoms with Gasteiger partial charge in [0.15, 0.2) is 0 Å². The molecular weight excluding hydrogens is 166 g/mol. The van der Waals surface area contributed by atoms with Crippen molar-refractivity contribution in [1.29, 1.82) is 0 Å². The summed E-state index contributed by atoms with van der Waals surface area (Å²) >= 11 is 0. The van der Waals surface area contributed by atoms with Crippen LogP contribution in [0.15, 0.2) is 0 Å². The molecule has 1 N–H and O–H groups in total. The first kappa shape index (κ1) is 12.9. The molecule has 0 amide bonds. The molecule has 0 aliphatic carbocycles. The quantitative estimate of drug-likeness (QED) is 0.606. The molecule has 0 aromatic rings. The van der Waals surface area contributed by atoms with Crippen LogP contribution in [0.2, 0.25) is 0 Å². The highest BCUT2D eigenvalue weighted by Gasteiger charge is 2.06. The van der Waals surface area contributed by atoms with E-state index in [-0.39, 0.29) is 12.6 Å². The Morgan fingerprint density at radius 2 is 1.92 bits per heavy atom. The summed E-state index contributed by atoms with van der Waals surface area (Å²) in [5, 5.41) is 8.87. The maximum absolute atomic E-state index is 8.87. The normalized spacial score (nSPS) is 14.1. The molecule has 0 saturated heterocycles. The molecule has 0 aliphatic rings. The summed E-state index contributed by atoms with van der Waals surface area (Å²) in [7, 11) is 2.00. The average Bonchev–Trinajstić information content (AvgIpc) is 2.10. The molecule has 0 fully saturated rings. The van der Waals surface area contributed by atoms with E-state index < -0.39 is 0 Å². The van der Waals surface area contributed by atoms with E-state index in [1.807, 2.05) is 14.0 Å². The molecule has 1 atom stereocenters. The van der Waals surface area contributed by atoms with E-state index in [0.29, 0.717) is 5.92 Å². The van der Waals surface area contributed by atoms with Gasteiger partial charge in [-0.1, -0.05) is 13.8 Å².